The summed E-state index contributed by atoms with van der Waals surface area (Å²) >= 11 is 0. The molecule has 0 aromatic heterocycles. The Morgan fingerprint density at radius 1 is 0.485 bits per heavy atom. The van der Waals surface area contributed by atoms with E-state index in [0.717, 1.165) is 44.9 Å². The molecule has 0 bridgehead atoms. The molecule has 0 saturated heterocycles. The van der Waals surface area contributed by atoms with Gasteiger partial charge in [0.15, 0.2) is 0 Å². The molecule has 66 heavy (non-hydrogen) atoms. The number of carboxylic acid groups (broad SMARTS) is 1. The van der Waals surface area contributed by atoms with Crippen molar-refractivity contribution in [2.45, 2.75) is 289 Å². The second-order valence-corrected chi connectivity index (χ2v) is 20.5. The van der Waals surface area contributed by atoms with Crippen LogP contribution in [0.3, 0.4) is 0 Å². The van der Waals surface area contributed by atoms with Crippen LogP contribution in [0.25, 0.3) is 0 Å². The third-order valence-corrected chi connectivity index (χ3v) is 13.4. The van der Waals surface area contributed by atoms with Crippen LogP contribution < -0.4 is 5.73 Å². The van der Waals surface area contributed by atoms with Gasteiger partial charge in [0.25, 0.3) is 0 Å². The summed E-state index contributed by atoms with van der Waals surface area (Å²) in [7, 11) is -4.62. The number of phosphoric acid groups is 1. The summed E-state index contributed by atoms with van der Waals surface area (Å²) < 4.78 is 33.6. The Morgan fingerprint density at radius 3 is 1.23 bits per heavy atom. The van der Waals surface area contributed by atoms with Crippen molar-refractivity contribution in [2.24, 2.45) is 5.73 Å². The summed E-state index contributed by atoms with van der Waals surface area (Å²) in [5, 5.41) is 8.94. The Labute approximate surface area is 406 Å². The minimum Gasteiger partial charge on any atom is -0.480 e. The fraction of sp³-hybridized carbons (Fsp3) is 0.891. The van der Waals surface area contributed by atoms with E-state index in [1.54, 1.807) is 0 Å². The molecular formula is C55H106NO9P. The molecule has 390 valence electrons. The molecule has 0 aromatic carbocycles. The SMILES string of the molecule is CCCCCCC/C=C\C/C=C\CCCCCCCCCCCCCCOCC(COP(=O)(O)OCC(N)C(=O)O)OC(=O)CCCCCCCCCCCCCCCCCCCCCC. The van der Waals surface area contributed by atoms with E-state index in [0.29, 0.717) is 6.61 Å². The number of allylic oxidation sites excluding steroid dienone is 4. The van der Waals surface area contributed by atoms with Gasteiger partial charge in [-0.2, -0.15) is 0 Å². The quantitative estimate of drug-likeness (QED) is 0.0232. The zero-order valence-corrected chi connectivity index (χ0v) is 44.0. The van der Waals surface area contributed by atoms with E-state index in [4.69, 9.17) is 29.4 Å². The van der Waals surface area contributed by atoms with Gasteiger partial charge in [-0.1, -0.05) is 250 Å². The number of esters is 1. The smallest absolute Gasteiger partial charge is 0.472 e. The number of rotatable bonds is 54. The first kappa shape index (κ1) is 64.5. The van der Waals surface area contributed by atoms with Crippen molar-refractivity contribution in [3.05, 3.63) is 24.3 Å². The van der Waals surface area contributed by atoms with Gasteiger partial charge in [0.2, 0.25) is 0 Å². The molecule has 0 aromatic rings. The molecule has 0 aliphatic carbocycles. The summed E-state index contributed by atoms with van der Waals surface area (Å²) in [5.41, 5.74) is 5.39. The molecule has 0 spiro atoms. The maximum atomic E-state index is 12.7. The highest BCUT2D eigenvalue weighted by molar-refractivity contribution is 7.47. The number of aliphatic carboxylic acids is 1. The molecule has 0 aliphatic rings. The van der Waals surface area contributed by atoms with E-state index < -0.39 is 45.1 Å². The van der Waals surface area contributed by atoms with E-state index in [9.17, 15) is 19.0 Å². The van der Waals surface area contributed by atoms with Crippen LogP contribution in [0.2, 0.25) is 0 Å². The lowest BCUT2D eigenvalue weighted by atomic mass is 10.0. The zero-order valence-electron chi connectivity index (χ0n) is 43.1. The third kappa shape index (κ3) is 50.3. The topological polar surface area (TPSA) is 155 Å². The first-order valence-electron chi connectivity index (χ1n) is 27.9. The van der Waals surface area contributed by atoms with Crippen molar-refractivity contribution < 1.29 is 42.7 Å². The van der Waals surface area contributed by atoms with Gasteiger partial charge < -0.3 is 25.2 Å². The average molecular weight is 956 g/mol. The first-order valence-corrected chi connectivity index (χ1v) is 29.4. The number of ether oxygens (including phenoxy) is 2. The highest BCUT2D eigenvalue weighted by atomic mass is 31.2. The number of unbranched alkanes of at least 4 members (excludes halogenated alkanes) is 36. The molecule has 0 heterocycles. The number of phosphoric ester groups is 1. The summed E-state index contributed by atoms with van der Waals surface area (Å²) in [5.74, 6) is -1.76. The standard InChI is InChI=1S/C55H106NO9P/c1-3-5-7-9-11-13-15-17-19-21-23-25-26-27-28-30-32-34-36-38-40-42-44-46-48-62-49-52(50-63-66(60,61)64-51-53(56)55(58)59)65-54(57)47-45-43-41-39-37-35-33-31-29-24-22-20-18-16-14-12-10-8-6-4-2/h15,17,21,23,52-53H,3-14,16,18-20,22,24-51,56H2,1-2H3,(H,58,59)(H,60,61)/b17-15-,23-21-. The maximum absolute atomic E-state index is 12.7. The summed E-state index contributed by atoms with van der Waals surface area (Å²) in [4.78, 5) is 33.8. The predicted molar refractivity (Wildman–Crippen MR) is 277 cm³/mol. The lowest BCUT2D eigenvalue weighted by Crippen LogP contribution is -2.34. The highest BCUT2D eigenvalue weighted by Crippen LogP contribution is 2.43. The van der Waals surface area contributed by atoms with Gasteiger partial charge in [-0.15, -0.1) is 0 Å². The Bertz CT molecular complexity index is 1150. The minimum absolute atomic E-state index is 0.0211. The number of carbonyl (C=O) groups excluding carboxylic acids is 1. The molecule has 0 rings (SSSR count). The Hall–Kier alpha value is -1.55. The molecule has 0 radical (unpaired) electrons. The minimum atomic E-state index is -4.62. The van der Waals surface area contributed by atoms with Crippen LogP contribution >= 0.6 is 7.82 Å². The Kier molecular flexibility index (Phi) is 50.1. The second kappa shape index (κ2) is 51.3. The van der Waals surface area contributed by atoms with Crippen molar-refractivity contribution >= 4 is 19.8 Å². The highest BCUT2D eigenvalue weighted by Gasteiger charge is 2.27. The monoisotopic (exact) mass is 956 g/mol. The lowest BCUT2D eigenvalue weighted by Gasteiger charge is -2.20. The fourth-order valence-electron chi connectivity index (χ4n) is 8.17. The summed E-state index contributed by atoms with van der Waals surface area (Å²) in [6.07, 6.45) is 59.6. The second-order valence-electron chi connectivity index (χ2n) is 19.1. The number of nitrogens with two attached hydrogens (primary N) is 1. The van der Waals surface area contributed by atoms with Gasteiger partial charge >= 0.3 is 19.8 Å². The molecule has 0 amide bonds. The van der Waals surface area contributed by atoms with Gasteiger partial charge in [0, 0.05) is 13.0 Å². The van der Waals surface area contributed by atoms with E-state index in [-0.39, 0.29) is 13.0 Å². The largest absolute Gasteiger partial charge is 0.480 e. The van der Waals surface area contributed by atoms with E-state index in [2.05, 4.69) is 38.2 Å². The van der Waals surface area contributed by atoms with Crippen molar-refractivity contribution in [1.82, 2.24) is 0 Å². The molecule has 4 N–H and O–H groups in total. The summed E-state index contributed by atoms with van der Waals surface area (Å²) in [6.45, 7) is 3.93. The van der Waals surface area contributed by atoms with Crippen LogP contribution in [0.5, 0.6) is 0 Å². The van der Waals surface area contributed by atoms with Gasteiger partial charge in [0.05, 0.1) is 19.8 Å². The molecule has 3 atom stereocenters. The summed E-state index contributed by atoms with van der Waals surface area (Å²) in [6, 6.07) is -1.47. The van der Waals surface area contributed by atoms with Crippen LogP contribution in [0, 0.1) is 0 Å². The number of carboxylic acids is 1. The van der Waals surface area contributed by atoms with E-state index in [1.807, 2.05) is 0 Å². The number of hydrogen-bond donors (Lipinski definition) is 3. The van der Waals surface area contributed by atoms with Crippen LogP contribution in [-0.2, 0) is 32.7 Å². The maximum Gasteiger partial charge on any atom is 0.472 e. The molecular weight excluding hydrogens is 850 g/mol. The van der Waals surface area contributed by atoms with Gasteiger partial charge in [-0.05, 0) is 44.9 Å². The van der Waals surface area contributed by atoms with Gasteiger partial charge in [0.1, 0.15) is 12.1 Å². The molecule has 3 unspecified atom stereocenters. The number of carbonyl (C=O) groups is 2. The molecule has 0 aliphatic heterocycles. The average Bonchev–Trinajstić information content (AvgIpc) is 3.30. The van der Waals surface area contributed by atoms with Gasteiger partial charge in [-0.25, -0.2) is 4.57 Å². The van der Waals surface area contributed by atoms with Crippen LogP contribution in [0.1, 0.15) is 277 Å². The van der Waals surface area contributed by atoms with E-state index >= 15 is 0 Å². The molecule has 0 saturated carbocycles. The number of hydrogen-bond acceptors (Lipinski definition) is 8. The van der Waals surface area contributed by atoms with E-state index in [1.165, 1.54) is 212 Å². The fourth-order valence-corrected chi connectivity index (χ4v) is 8.95. The van der Waals surface area contributed by atoms with Crippen LogP contribution in [0.4, 0.5) is 0 Å². The molecule has 10 nitrogen and oxygen atoms in total. The van der Waals surface area contributed by atoms with Crippen molar-refractivity contribution in [1.29, 1.82) is 0 Å². The third-order valence-electron chi connectivity index (χ3n) is 12.5. The zero-order chi connectivity index (χ0) is 48.3. The van der Waals surface area contributed by atoms with Crippen LogP contribution in [-0.4, -0.2) is 60.5 Å². The van der Waals surface area contributed by atoms with Crippen LogP contribution in [0.15, 0.2) is 24.3 Å². The molecule has 0 fully saturated rings. The predicted octanol–water partition coefficient (Wildman–Crippen LogP) is 16.6. The molecule has 11 heteroatoms. The Balaban J connectivity index is 4.05. The lowest BCUT2D eigenvalue weighted by molar-refractivity contribution is -0.154. The Morgan fingerprint density at radius 2 is 0.833 bits per heavy atom. The van der Waals surface area contributed by atoms with Gasteiger partial charge in [-0.3, -0.25) is 18.6 Å². The first-order chi connectivity index (χ1) is 32.2. The van der Waals surface area contributed by atoms with Crippen molar-refractivity contribution in [3.63, 3.8) is 0 Å². The van der Waals surface area contributed by atoms with Crippen molar-refractivity contribution in [3.8, 4) is 0 Å². The normalized spacial score (nSPS) is 13.8. The van der Waals surface area contributed by atoms with Crippen molar-refractivity contribution in [2.75, 3.05) is 26.4 Å².